The molecule has 0 saturated carbocycles. The van der Waals surface area contributed by atoms with Crippen molar-refractivity contribution >= 4 is 5.69 Å². The molecular weight excluding hydrogens is 231 g/mol. The van der Waals surface area contributed by atoms with Gasteiger partial charge in [0.15, 0.2) is 0 Å². The molecule has 4 heteroatoms. The molecule has 0 saturated heterocycles. The summed E-state index contributed by atoms with van der Waals surface area (Å²) in [6.45, 7) is 2.15. The highest BCUT2D eigenvalue weighted by Crippen LogP contribution is 2.17. The predicted molar refractivity (Wildman–Crippen MR) is 67.7 cm³/mol. The van der Waals surface area contributed by atoms with Gasteiger partial charge in [0.2, 0.25) is 0 Å². The number of hydrogen-bond acceptors (Lipinski definition) is 3. The van der Waals surface area contributed by atoms with Crippen LogP contribution in [0, 0.1) is 17.1 Å². The van der Waals surface area contributed by atoms with Crippen LogP contribution in [-0.4, -0.2) is 19.8 Å². The van der Waals surface area contributed by atoms with Gasteiger partial charge in [0.1, 0.15) is 5.82 Å². The van der Waals surface area contributed by atoms with Gasteiger partial charge < -0.3 is 10.1 Å². The van der Waals surface area contributed by atoms with E-state index in [0.717, 1.165) is 19.4 Å². The van der Waals surface area contributed by atoms with Crippen molar-refractivity contribution in [2.45, 2.75) is 12.8 Å². The molecule has 18 heavy (non-hydrogen) atoms. The van der Waals surface area contributed by atoms with Crippen molar-refractivity contribution in [1.82, 2.24) is 0 Å². The van der Waals surface area contributed by atoms with Crippen molar-refractivity contribution in [3.05, 3.63) is 41.2 Å². The molecule has 1 N–H and O–H groups in total. The summed E-state index contributed by atoms with van der Waals surface area (Å²) in [5.41, 5.74) is 2.13. The first-order chi connectivity index (χ1) is 8.79. The number of halogens is 1. The van der Waals surface area contributed by atoms with Crippen molar-refractivity contribution in [2.24, 2.45) is 0 Å². The highest BCUT2D eigenvalue weighted by molar-refractivity contribution is 5.48. The lowest BCUT2D eigenvalue weighted by Crippen LogP contribution is -2.09. The highest BCUT2D eigenvalue weighted by Gasteiger charge is 2.05. The Labute approximate surface area is 106 Å². The van der Waals surface area contributed by atoms with E-state index in [9.17, 15) is 4.39 Å². The molecule has 1 aromatic carbocycles. The minimum Gasteiger partial charge on any atom is -0.382 e. The summed E-state index contributed by atoms with van der Waals surface area (Å²) in [5, 5.41) is 11.7. The zero-order valence-electron chi connectivity index (χ0n) is 10.1. The van der Waals surface area contributed by atoms with Crippen molar-refractivity contribution < 1.29 is 9.13 Å². The molecule has 1 heterocycles. The van der Waals surface area contributed by atoms with Crippen LogP contribution in [0.25, 0.3) is 0 Å². The fraction of sp³-hybridized carbons (Fsp3) is 0.357. The van der Waals surface area contributed by atoms with Gasteiger partial charge in [-0.25, -0.2) is 4.39 Å². The fourth-order valence-electron chi connectivity index (χ4n) is 1.88. The smallest absolute Gasteiger partial charge is 0.147 e. The van der Waals surface area contributed by atoms with Gasteiger partial charge in [-0.2, -0.15) is 5.26 Å². The Morgan fingerprint density at radius 3 is 3.00 bits per heavy atom. The summed E-state index contributed by atoms with van der Waals surface area (Å²) >= 11 is 0. The molecule has 1 aliphatic heterocycles. The number of benzene rings is 1. The predicted octanol–water partition coefficient (Wildman–Crippen LogP) is 2.85. The molecule has 0 unspecified atom stereocenters. The normalized spacial score (nSPS) is 14.8. The molecule has 1 aromatic rings. The molecule has 94 valence electrons. The Morgan fingerprint density at radius 1 is 1.44 bits per heavy atom. The second kappa shape index (κ2) is 6.18. The number of ether oxygens (including phenoxy) is 1. The molecule has 2 rings (SSSR count). The highest BCUT2D eigenvalue weighted by atomic mass is 19.1. The van der Waals surface area contributed by atoms with Gasteiger partial charge in [0.05, 0.1) is 30.5 Å². The third kappa shape index (κ3) is 3.31. The van der Waals surface area contributed by atoms with Gasteiger partial charge in [0.25, 0.3) is 0 Å². The van der Waals surface area contributed by atoms with Crippen molar-refractivity contribution in [3.8, 4) is 6.07 Å². The third-order valence-electron chi connectivity index (χ3n) is 2.92. The molecular formula is C14H15FN2O. The molecule has 0 amide bonds. The van der Waals surface area contributed by atoms with Crippen LogP contribution in [0.1, 0.15) is 18.4 Å². The monoisotopic (exact) mass is 246 g/mol. The van der Waals surface area contributed by atoms with E-state index in [0.29, 0.717) is 24.4 Å². The van der Waals surface area contributed by atoms with E-state index in [4.69, 9.17) is 10.00 Å². The van der Waals surface area contributed by atoms with Crippen molar-refractivity contribution in [1.29, 1.82) is 5.26 Å². The maximum atomic E-state index is 13.6. The van der Waals surface area contributed by atoms with Crippen molar-refractivity contribution in [3.63, 3.8) is 0 Å². The van der Waals surface area contributed by atoms with Crippen LogP contribution < -0.4 is 5.32 Å². The Morgan fingerprint density at radius 2 is 2.33 bits per heavy atom. The van der Waals surface area contributed by atoms with Crippen LogP contribution in [0.2, 0.25) is 0 Å². The van der Waals surface area contributed by atoms with Gasteiger partial charge >= 0.3 is 0 Å². The van der Waals surface area contributed by atoms with Crippen molar-refractivity contribution in [2.75, 3.05) is 25.1 Å². The number of anilines is 1. The molecule has 0 spiro atoms. The number of nitrogens with one attached hydrogen (secondary N) is 1. The first-order valence-corrected chi connectivity index (χ1v) is 5.99. The number of nitrogens with zero attached hydrogens (tertiary/aromatic N) is 1. The van der Waals surface area contributed by atoms with Crippen LogP contribution in [-0.2, 0) is 4.74 Å². The maximum absolute atomic E-state index is 13.6. The topological polar surface area (TPSA) is 45.0 Å². The van der Waals surface area contributed by atoms with Gasteiger partial charge in [-0.05, 0) is 31.0 Å². The summed E-state index contributed by atoms with van der Waals surface area (Å²) < 4.78 is 18.8. The van der Waals surface area contributed by atoms with Gasteiger partial charge in [-0.15, -0.1) is 0 Å². The molecule has 0 fully saturated rings. The standard InChI is InChI=1S/C14H15FN2O/c15-13-9-12(10-16)1-2-14(13)17-6-3-11-4-7-18-8-5-11/h1-2,4,9,17H,3,5-8H2. The largest absolute Gasteiger partial charge is 0.382 e. The molecule has 0 aromatic heterocycles. The lowest BCUT2D eigenvalue weighted by molar-refractivity contribution is 0.153. The fourth-order valence-corrected chi connectivity index (χ4v) is 1.88. The van der Waals surface area contributed by atoms with Gasteiger partial charge in [0, 0.05) is 6.54 Å². The Hall–Kier alpha value is -1.86. The zero-order valence-corrected chi connectivity index (χ0v) is 10.1. The number of nitriles is 1. The molecule has 0 bridgehead atoms. The second-order valence-corrected chi connectivity index (χ2v) is 4.17. The molecule has 0 aliphatic carbocycles. The molecule has 0 atom stereocenters. The lowest BCUT2D eigenvalue weighted by atomic mass is 10.1. The van der Waals surface area contributed by atoms with E-state index in [1.165, 1.54) is 11.6 Å². The van der Waals surface area contributed by atoms with E-state index in [2.05, 4.69) is 11.4 Å². The molecule has 3 nitrogen and oxygen atoms in total. The summed E-state index contributed by atoms with van der Waals surface area (Å²) in [7, 11) is 0. The number of rotatable bonds is 4. The van der Waals surface area contributed by atoms with E-state index < -0.39 is 0 Å². The van der Waals surface area contributed by atoms with Crippen LogP contribution in [0.15, 0.2) is 29.8 Å². The van der Waals surface area contributed by atoms with Gasteiger partial charge in [-0.1, -0.05) is 11.6 Å². The quantitative estimate of drug-likeness (QED) is 0.831. The minimum atomic E-state index is -0.380. The summed E-state index contributed by atoms with van der Waals surface area (Å²) in [4.78, 5) is 0. The van der Waals surface area contributed by atoms with E-state index in [-0.39, 0.29) is 5.82 Å². The SMILES string of the molecule is N#Cc1ccc(NCCC2=CCOCC2)c(F)c1. The average molecular weight is 246 g/mol. The van der Waals surface area contributed by atoms with Crippen LogP contribution in [0.4, 0.5) is 10.1 Å². The number of hydrogen-bond donors (Lipinski definition) is 1. The molecule has 1 aliphatic rings. The van der Waals surface area contributed by atoms with Gasteiger partial charge in [-0.3, -0.25) is 0 Å². The van der Waals surface area contributed by atoms with Crippen LogP contribution in [0.3, 0.4) is 0 Å². The Kier molecular flexibility index (Phi) is 4.32. The maximum Gasteiger partial charge on any atom is 0.147 e. The summed E-state index contributed by atoms with van der Waals surface area (Å²) in [6.07, 6.45) is 3.93. The summed E-state index contributed by atoms with van der Waals surface area (Å²) in [6, 6.07) is 6.37. The van der Waals surface area contributed by atoms with Crippen LogP contribution in [0.5, 0.6) is 0 Å². The lowest BCUT2D eigenvalue weighted by Gasteiger charge is -2.14. The molecule has 0 radical (unpaired) electrons. The Bertz CT molecular complexity index is 491. The minimum absolute atomic E-state index is 0.338. The van der Waals surface area contributed by atoms with E-state index >= 15 is 0 Å². The summed E-state index contributed by atoms with van der Waals surface area (Å²) in [5.74, 6) is -0.380. The van der Waals surface area contributed by atoms with E-state index in [1.54, 1.807) is 12.1 Å². The van der Waals surface area contributed by atoms with E-state index in [1.807, 2.05) is 6.07 Å². The first-order valence-electron chi connectivity index (χ1n) is 5.99. The average Bonchev–Trinajstić information content (AvgIpc) is 2.42. The third-order valence-corrected chi connectivity index (χ3v) is 2.92. The zero-order chi connectivity index (χ0) is 12.8. The first kappa shape index (κ1) is 12.6. The van der Waals surface area contributed by atoms with Crippen LogP contribution >= 0.6 is 0 Å². The second-order valence-electron chi connectivity index (χ2n) is 4.17. The Balaban J connectivity index is 1.87.